The standard InChI is InChI=1S/C22H23NO3/c1-21(2,3)26-20(25)23-14-22(12-15-8-4-5-9-16(15)13-22)19(24)17-10-6-7-11-18(17)23/h4-11H,12-14H2,1-3H3. The van der Waals surface area contributed by atoms with Crippen LogP contribution in [0.1, 0.15) is 42.3 Å². The molecule has 1 heterocycles. The fourth-order valence-electron chi connectivity index (χ4n) is 4.09. The summed E-state index contributed by atoms with van der Waals surface area (Å²) in [6.07, 6.45) is 0.929. The minimum Gasteiger partial charge on any atom is -0.443 e. The Morgan fingerprint density at radius 3 is 2.19 bits per heavy atom. The second-order valence-corrected chi connectivity index (χ2v) is 8.32. The molecule has 134 valence electrons. The summed E-state index contributed by atoms with van der Waals surface area (Å²) in [4.78, 5) is 27.9. The van der Waals surface area contributed by atoms with Crippen molar-refractivity contribution in [1.82, 2.24) is 0 Å². The van der Waals surface area contributed by atoms with Crippen molar-refractivity contribution in [1.29, 1.82) is 0 Å². The highest BCUT2D eigenvalue weighted by Crippen LogP contribution is 2.45. The van der Waals surface area contributed by atoms with Crippen LogP contribution in [0.5, 0.6) is 0 Å². The van der Waals surface area contributed by atoms with Crippen molar-refractivity contribution in [3.8, 4) is 0 Å². The third kappa shape index (κ3) is 2.70. The maximum Gasteiger partial charge on any atom is 0.414 e. The molecule has 0 saturated carbocycles. The minimum atomic E-state index is -0.602. The second-order valence-electron chi connectivity index (χ2n) is 8.32. The third-order valence-corrected chi connectivity index (χ3v) is 5.17. The molecule has 0 bridgehead atoms. The minimum absolute atomic E-state index is 0.129. The average Bonchev–Trinajstić information content (AvgIpc) is 2.96. The van der Waals surface area contributed by atoms with Gasteiger partial charge >= 0.3 is 6.09 Å². The van der Waals surface area contributed by atoms with Crippen LogP contribution in [-0.4, -0.2) is 24.0 Å². The Hall–Kier alpha value is -2.62. The van der Waals surface area contributed by atoms with Gasteiger partial charge in [0, 0.05) is 12.1 Å². The second kappa shape index (κ2) is 5.70. The van der Waals surface area contributed by atoms with Gasteiger partial charge in [-0.15, -0.1) is 0 Å². The van der Waals surface area contributed by atoms with Gasteiger partial charge in [0.25, 0.3) is 0 Å². The van der Waals surface area contributed by atoms with E-state index in [1.54, 1.807) is 4.90 Å². The lowest BCUT2D eigenvalue weighted by molar-refractivity contribution is 0.0547. The van der Waals surface area contributed by atoms with Crippen LogP contribution in [0.3, 0.4) is 0 Å². The van der Waals surface area contributed by atoms with Gasteiger partial charge in [-0.3, -0.25) is 9.69 Å². The molecule has 0 unspecified atom stereocenters. The Morgan fingerprint density at radius 2 is 1.58 bits per heavy atom. The SMILES string of the molecule is CC(C)(C)OC(=O)N1CC2(Cc3ccccc3C2)C(=O)c2ccccc21. The van der Waals surface area contributed by atoms with Crippen LogP contribution in [0, 0.1) is 5.41 Å². The summed E-state index contributed by atoms with van der Waals surface area (Å²) in [6, 6.07) is 15.5. The lowest BCUT2D eigenvalue weighted by atomic mass is 9.74. The number of para-hydroxylation sites is 1. The molecule has 2 aromatic carbocycles. The number of ether oxygens (including phenoxy) is 1. The molecule has 1 spiro atoms. The van der Waals surface area contributed by atoms with Crippen molar-refractivity contribution in [3.63, 3.8) is 0 Å². The molecular formula is C22H23NO3. The van der Waals surface area contributed by atoms with Crippen LogP contribution in [0.2, 0.25) is 0 Å². The van der Waals surface area contributed by atoms with Crippen LogP contribution in [-0.2, 0) is 17.6 Å². The zero-order valence-electron chi connectivity index (χ0n) is 15.4. The van der Waals surface area contributed by atoms with Crippen molar-refractivity contribution in [2.75, 3.05) is 11.4 Å². The first kappa shape index (κ1) is 16.8. The van der Waals surface area contributed by atoms with Crippen LogP contribution in [0.25, 0.3) is 0 Å². The molecule has 0 aromatic heterocycles. The molecule has 0 fully saturated rings. The van der Waals surface area contributed by atoms with E-state index in [1.165, 1.54) is 11.1 Å². The van der Waals surface area contributed by atoms with E-state index in [2.05, 4.69) is 12.1 Å². The summed E-state index contributed by atoms with van der Waals surface area (Å²) in [5, 5.41) is 0. The number of carbonyl (C=O) groups excluding carboxylic acids is 2. The fraction of sp³-hybridized carbons (Fsp3) is 0.364. The summed E-state index contributed by atoms with van der Waals surface area (Å²) in [5.41, 5.74) is 2.47. The first-order valence-corrected chi connectivity index (χ1v) is 9.00. The van der Waals surface area contributed by atoms with Gasteiger partial charge in [-0.25, -0.2) is 4.79 Å². The van der Waals surface area contributed by atoms with Crippen LogP contribution in [0.4, 0.5) is 10.5 Å². The van der Waals surface area contributed by atoms with Crippen molar-refractivity contribution in [2.24, 2.45) is 5.41 Å². The number of fused-ring (bicyclic) bond motifs is 2. The van der Waals surface area contributed by atoms with Gasteiger partial charge in [-0.2, -0.15) is 0 Å². The van der Waals surface area contributed by atoms with Crippen molar-refractivity contribution >= 4 is 17.6 Å². The predicted molar refractivity (Wildman–Crippen MR) is 101 cm³/mol. The molecule has 0 saturated heterocycles. The first-order chi connectivity index (χ1) is 12.3. The Labute approximate surface area is 153 Å². The Kier molecular flexibility index (Phi) is 3.69. The van der Waals surface area contributed by atoms with Gasteiger partial charge in [0.05, 0.1) is 11.1 Å². The zero-order chi connectivity index (χ0) is 18.5. The molecule has 1 aliphatic heterocycles. The zero-order valence-corrected chi connectivity index (χ0v) is 15.4. The third-order valence-electron chi connectivity index (χ3n) is 5.17. The molecule has 4 heteroatoms. The number of anilines is 1. The predicted octanol–water partition coefficient (Wildman–Crippen LogP) is 4.41. The highest BCUT2D eigenvalue weighted by Gasteiger charge is 2.50. The maximum absolute atomic E-state index is 13.4. The average molecular weight is 349 g/mol. The van der Waals surface area contributed by atoms with E-state index in [0.29, 0.717) is 30.6 Å². The molecular weight excluding hydrogens is 326 g/mol. The molecule has 1 amide bonds. The molecule has 0 radical (unpaired) electrons. The topological polar surface area (TPSA) is 46.6 Å². The highest BCUT2D eigenvalue weighted by atomic mass is 16.6. The quantitative estimate of drug-likeness (QED) is 0.708. The molecule has 4 nitrogen and oxygen atoms in total. The van der Waals surface area contributed by atoms with Crippen molar-refractivity contribution in [3.05, 3.63) is 65.2 Å². The van der Waals surface area contributed by atoms with Crippen LogP contribution < -0.4 is 4.90 Å². The van der Waals surface area contributed by atoms with E-state index in [1.807, 2.05) is 57.2 Å². The summed E-state index contributed by atoms with van der Waals surface area (Å²) in [5.74, 6) is 0.129. The largest absolute Gasteiger partial charge is 0.443 e. The number of hydrogen-bond donors (Lipinski definition) is 0. The monoisotopic (exact) mass is 349 g/mol. The number of amides is 1. The van der Waals surface area contributed by atoms with Crippen molar-refractivity contribution < 1.29 is 14.3 Å². The molecule has 4 rings (SSSR count). The summed E-state index contributed by atoms with van der Waals surface area (Å²) >= 11 is 0. The fourth-order valence-corrected chi connectivity index (χ4v) is 4.09. The van der Waals surface area contributed by atoms with Gasteiger partial charge in [0.15, 0.2) is 5.78 Å². The lowest BCUT2D eigenvalue weighted by Crippen LogP contribution is -2.52. The van der Waals surface area contributed by atoms with Gasteiger partial charge in [-0.1, -0.05) is 36.4 Å². The first-order valence-electron chi connectivity index (χ1n) is 9.00. The number of ketones is 1. The Bertz CT molecular complexity index is 869. The van der Waals surface area contributed by atoms with Crippen LogP contribution in [0.15, 0.2) is 48.5 Å². The van der Waals surface area contributed by atoms with E-state index in [-0.39, 0.29) is 5.78 Å². The van der Waals surface area contributed by atoms with E-state index < -0.39 is 17.1 Å². The van der Waals surface area contributed by atoms with Crippen molar-refractivity contribution in [2.45, 2.75) is 39.2 Å². The van der Waals surface area contributed by atoms with E-state index in [0.717, 1.165) is 0 Å². The molecule has 0 N–H and O–H groups in total. The normalized spacial score (nSPS) is 17.8. The molecule has 1 aliphatic carbocycles. The van der Waals surface area contributed by atoms with E-state index >= 15 is 0 Å². The smallest absolute Gasteiger partial charge is 0.414 e. The maximum atomic E-state index is 13.4. The number of Topliss-reactive ketones (excluding diaryl/α,β-unsaturated/α-hetero) is 1. The van der Waals surface area contributed by atoms with Gasteiger partial charge in [-0.05, 0) is 56.9 Å². The summed E-state index contributed by atoms with van der Waals surface area (Å²) in [7, 11) is 0. The molecule has 26 heavy (non-hydrogen) atoms. The van der Waals surface area contributed by atoms with E-state index in [4.69, 9.17) is 4.74 Å². The molecule has 2 aliphatic rings. The Morgan fingerprint density at radius 1 is 1.00 bits per heavy atom. The van der Waals surface area contributed by atoms with Crippen LogP contribution >= 0.6 is 0 Å². The van der Waals surface area contributed by atoms with Gasteiger partial charge in [0.2, 0.25) is 0 Å². The Balaban J connectivity index is 1.76. The van der Waals surface area contributed by atoms with Gasteiger partial charge < -0.3 is 4.74 Å². The number of benzene rings is 2. The number of carbonyl (C=O) groups is 2. The summed E-state index contributed by atoms with van der Waals surface area (Å²) in [6.45, 7) is 5.92. The number of rotatable bonds is 0. The molecule has 0 atom stereocenters. The number of nitrogens with zero attached hydrogens (tertiary/aromatic N) is 1. The summed E-state index contributed by atoms with van der Waals surface area (Å²) < 4.78 is 5.62. The van der Waals surface area contributed by atoms with Gasteiger partial charge in [0.1, 0.15) is 5.60 Å². The lowest BCUT2D eigenvalue weighted by Gasteiger charge is -2.40. The highest BCUT2D eigenvalue weighted by molar-refractivity contribution is 6.11. The number of hydrogen-bond acceptors (Lipinski definition) is 3. The van der Waals surface area contributed by atoms with E-state index in [9.17, 15) is 9.59 Å². The molecule has 2 aromatic rings.